The summed E-state index contributed by atoms with van der Waals surface area (Å²) >= 11 is 0. The van der Waals surface area contributed by atoms with E-state index in [-0.39, 0.29) is 5.56 Å². The average molecular weight is 254 g/mol. The van der Waals surface area contributed by atoms with Crippen LogP contribution in [0.3, 0.4) is 0 Å². The van der Waals surface area contributed by atoms with Crippen LogP contribution in [0.2, 0.25) is 0 Å². The van der Waals surface area contributed by atoms with Crippen molar-refractivity contribution >= 4 is 28.1 Å². The number of anilines is 2. The quantitative estimate of drug-likeness (QED) is 0.752. The normalized spacial score (nSPS) is 17.1. The fourth-order valence-corrected chi connectivity index (χ4v) is 2.88. The van der Waals surface area contributed by atoms with Crippen molar-refractivity contribution in [2.75, 3.05) is 35.2 Å². The van der Waals surface area contributed by atoms with Gasteiger partial charge in [-0.3, -0.25) is 4.21 Å². The van der Waals surface area contributed by atoms with E-state index < -0.39 is 16.8 Å². The van der Waals surface area contributed by atoms with Gasteiger partial charge in [-0.05, 0) is 18.2 Å². The molecule has 0 bridgehead atoms. The standard InChI is InChI=1S/C11H14N2O3S/c12-9-2-1-8(11(14)15)7-10(9)13-3-5-17(16)6-4-13/h1-2,7H,3-6,12H2,(H,14,15). The molecule has 5 nitrogen and oxygen atoms in total. The maximum Gasteiger partial charge on any atom is 0.335 e. The molecule has 6 heteroatoms. The zero-order chi connectivity index (χ0) is 12.4. The summed E-state index contributed by atoms with van der Waals surface area (Å²) in [6.07, 6.45) is 0. The van der Waals surface area contributed by atoms with Gasteiger partial charge in [-0.25, -0.2) is 4.79 Å². The Balaban J connectivity index is 2.27. The zero-order valence-electron chi connectivity index (χ0n) is 9.26. The molecule has 92 valence electrons. The van der Waals surface area contributed by atoms with E-state index in [1.807, 2.05) is 4.90 Å². The van der Waals surface area contributed by atoms with E-state index in [1.54, 1.807) is 12.1 Å². The first-order chi connectivity index (χ1) is 8.08. The number of rotatable bonds is 2. The molecule has 1 heterocycles. The lowest BCUT2D eigenvalue weighted by molar-refractivity contribution is 0.0697. The van der Waals surface area contributed by atoms with Gasteiger partial charge in [0.1, 0.15) is 0 Å². The smallest absolute Gasteiger partial charge is 0.335 e. The fourth-order valence-electron chi connectivity index (χ4n) is 1.83. The number of benzene rings is 1. The van der Waals surface area contributed by atoms with Gasteiger partial charge in [0.25, 0.3) is 0 Å². The van der Waals surface area contributed by atoms with Crippen molar-refractivity contribution in [2.45, 2.75) is 0 Å². The summed E-state index contributed by atoms with van der Waals surface area (Å²) in [7, 11) is -0.754. The molecule has 17 heavy (non-hydrogen) atoms. The Labute approximate surface area is 102 Å². The largest absolute Gasteiger partial charge is 0.478 e. The second kappa shape index (κ2) is 4.75. The molecule has 3 N–H and O–H groups in total. The second-order valence-electron chi connectivity index (χ2n) is 3.91. The highest BCUT2D eigenvalue weighted by atomic mass is 32.2. The molecule has 0 aromatic heterocycles. The predicted molar refractivity (Wildman–Crippen MR) is 67.9 cm³/mol. The molecule has 2 rings (SSSR count). The molecule has 0 saturated carbocycles. The van der Waals surface area contributed by atoms with Crippen molar-refractivity contribution in [2.24, 2.45) is 0 Å². The van der Waals surface area contributed by atoms with Gasteiger partial charge in [0.2, 0.25) is 0 Å². The van der Waals surface area contributed by atoms with E-state index in [1.165, 1.54) is 6.07 Å². The van der Waals surface area contributed by atoms with Crippen molar-refractivity contribution < 1.29 is 14.1 Å². The van der Waals surface area contributed by atoms with Gasteiger partial charge in [-0.15, -0.1) is 0 Å². The Hall–Kier alpha value is -1.56. The van der Waals surface area contributed by atoms with E-state index in [4.69, 9.17) is 10.8 Å². The van der Waals surface area contributed by atoms with Gasteiger partial charge in [0, 0.05) is 35.4 Å². The second-order valence-corrected chi connectivity index (χ2v) is 5.61. The lowest BCUT2D eigenvalue weighted by Crippen LogP contribution is -2.38. The number of nitrogens with zero attached hydrogens (tertiary/aromatic N) is 1. The van der Waals surface area contributed by atoms with Crippen LogP contribution in [-0.2, 0) is 10.8 Å². The molecule has 1 fully saturated rings. The van der Waals surface area contributed by atoms with Crippen LogP contribution in [0.4, 0.5) is 11.4 Å². The minimum Gasteiger partial charge on any atom is -0.478 e. The zero-order valence-corrected chi connectivity index (χ0v) is 10.1. The third kappa shape index (κ3) is 2.58. The summed E-state index contributed by atoms with van der Waals surface area (Å²) in [5.41, 5.74) is 7.35. The van der Waals surface area contributed by atoms with Gasteiger partial charge >= 0.3 is 5.97 Å². The van der Waals surface area contributed by atoms with E-state index >= 15 is 0 Å². The lowest BCUT2D eigenvalue weighted by atomic mass is 10.1. The molecular formula is C11H14N2O3S. The number of carboxylic acids is 1. The van der Waals surface area contributed by atoms with Gasteiger partial charge < -0.3 is 15.7 Å². The van der Waals surface area contributed by atoms with Crippen LogP contribution in [0.1, 0.15) is 10.4 Å². The van der Waals surface area contributed by atoms with Crippen molar-refractivity contribution in [1.82, 2.24) is 0 Å². The molecule has 1 aromatic rings. The third-order valence-corrected chi connectivity index (χ3v) is 4.07. The Morgan fingerprint density at radius 2 is 2.00 bits per heavy atom. The van der Waals surface area contributed by atoms with Crippen LogP contribution >= 0.6 is 0 Å². The van der Waals surface area contributed by atoms with Crippen molar-refractivity contribution in [3.63, 3.8) is 0 Å². The van der Waals surface area contributed by atoms with E-state index in [0.717, 1.165) is 5.69 Å². The number of carbonyl (C=O) groups is 1. The summed E-state index contributed by atoms with van der Waals surface area (Å²) < 4.78 is 11.3. The molecule has 1 saturated heterocycles. The highest BCUT2D eigenvalue weighted by Crippen LogP contribution is 2.25. The number of nitrogen functional groups attached to an aromatic ring is 1. The number of carboxylic acid groups (broad SMARTS) is 1. The first-order valence-electron chi connectivity index (χ1n) is 5.30. The Morgan fingerprint density at radius 1 is 1.35 bits per heavy atom. The SMILES string of the molecule is Nc1ccc(C(=O)O)cc1N1CCS(=O)CC1. The lowest BCUT2D eigenvalue weighted by Gasteiger charge is -2.29. The van der Waals surface area contributed by atoms with Gasteiger partial charge in [-0.2, -0.15) is 0 Å². The van der Waals surface area contributed by atoms with E-state index in [9.17, 15) is 9.00 Å². The van der Waals surface area contributed by atoms with Crippen LogP contribution in [0.5, 0.6) is 0 Å². The topological polar surface area (TPSA) is 83.6 Å². The van der Waals surface area contributed by atoms with Gasteiger partial charge in [0.15, 0.2) is 0 Å². The summed E-state index contributed by atoms with van der Waals surface area (Å²) in [5, 5.41) is 8.93. The summed E-state index contributed by atoms with van der Waals surface area (Å²) in [6, 6.07) is 4.67. The maximum atomic E-state index is 11.3. The van der Waals surface area contributed by atoms with Crippen LogP contribution in [0, 0.1) is 0 Å². The molecule has 1 aliphatic heterocycles. The fraction of sp³-hybridized carbons (Fsp3) is 0.364. The van der Waals surface area contributed by atoms with E-state index in [2.05, 4.69) is 0 Å². The number of nitrogens with two attached hydrogens (primary N) is 1. The van der Waals surface area contributed by atoms with Crippen molar-refractivity contribution in [1.29, 1.82) is 0 Å². The van der Waals surface area contributed by atoms with Crippen molar-refractivity contribution in [3.8, 4) is 0 Å². The summed E-state index contributed by atoms with van der Waals surface area (Å²) in [6.45, 7) is 1.31. The molecule has 0 amide bonds. The Kier molecular flexibility index (Phi) is 3.33. The van der Waals surface area contributed by atoms with Crippen LogP contribution in [0.15, 0.2) is 18.2 Å². The maximum absolute atomic E-state index is 11.3. The number of aromatic carboxylic acids is 1. The van der Waals surface area contributed by atoms with E-state index in [0.29, 0.717) is 30.3 Å². The first kappa shape index (κ1) is 11.9. The van der Waals surface area contributed by atoms with Crippen molar-refractivity contribution in [3.05, 3.63) is 23.8 Å². The molecule has 1 aliphatic rings. The molecule has 1 aromatic carbocycles. The Morgan fingerprint density at radius 3 is 2.59 bits per heavy atom. The Bertz CT molecular complexity index is 466. The average Bonchev–Trinajstić information content (AvgIpc) is 2.31. The predicted octanol–water partition coefficient (Wildman–Crippen LogP) is 0.536. The van der Waals surface area contributed by atoms with Crippen LogP contribution in [0.25, 0.3) is 0 Å². The van der Waals surface area contributed by atoms with Gasteiger partial charge in [-0.1, -0.05) is 0 Å². The van der Waals surface area contributed by atoms with Crippen LogP contribution in [-0.4, -0.2) is 39.9 Å². The highest BCUT2D eigenvalue weighted by molar-refractivity contribution is 7.85. The first-order valence-corrected chi connectivity index (χ1v) is 6.79. The molecular weight excluding hydrogens is 240 g/mol. The number of hydrogen-bond acceptors (Lipinski definition) is 4. The molecule has 0 atom stereocenters. The number of hydrogen-bond donors (Lipinski definition) is 2. The summed E-state index contributed by atoms with van der Waals surface area (Å²) in [5.74, 6) is 0.250. The minimum atomic E-state index is -0.966. The summed E-state index contributed by atoms with van der Waals surface area (Å²) in [4.78, 5) is 12.9. The third-order valence-electron chi connectivity index (χ3n) is 2.80. The van der Waals surface area contributed by atoms with Gasteiger partial charge in [0.05, 0.1) is 16.9 Å². The molecule has 0 radical (unpaired) electrons. The molecule has 0 spiro atoms. The van der Waals surface area contributed by atoms with Crippen LogP contribution < -0.4 is 10.6 Å². The monoisotopic (exact) mass is 254 g/mol. The minimum absolute atomic E-state index is 0.223. The highest BCUT2D eigenvalue weighted by Gasteiger charge is 2.18. The molecule has 0 unspecified atom stereocenters. The molecule has 0 aliphatic carbocycles.